The standard InChI is InChI=1S/C16H19ClN2OS/c1-4-12-8-11(9-14(17)18-12)16(20)19-15(10(2)3)13-6-5-7-21-13/h5-10,15H,4H2,1-3H3,(H,19,20). The molecule has 0 aliphatic carbocycles. The summed E-state index contributed by atoms with van der Waals surface area (Å²) in [5.41, 5.74) is 1.39. The molecule has 2 rings (SSSR count). The van der Waals surface area contributed by atoms with E-state index in [1.807, 2.05) is 24.4 Å². The lowest BCUT2D eigenvalue weighted by molar-refractivity contribution is 0.0926. The van der Waals surface area contributed by atoms with Gasteiger partial charge in [-0.2, -0.15) is 0 Å². The van der Waals surface area contributed by atoms with Crippen LogP contribution in [0.3, 0.4) is 0 Å². The van der Waals surface area contributed by atoms with E-state index in [-0.39, 0.29) is 11.9 Å². The zero-order chi connectivity index (χ0) is 15.4. The van der Waals surface area contributed by atoms with E-state index in [0.717, 1.165) is 17.0 Å². The summed E-state index contributed by atoms with van der Waals surface area (Å²) in [7, 11) is 0. The fourth-order valence-electron chi connectivity index (χ4n) is 2.12. The van der Waals surface area contributed by atoms with Gasteiger partial charge in [-0.25, -0.2) is 4.98 Å². The molecule has 1 N–H and O–H groups in total. The maximum absolute atomic E-state index is 12.5. The number of nitrogens with zero attached hydrogens (tertiary/aromatic N) is 1. The first-order valence-electron chi connectivity index (χ1n) is 7.02. The van der Waals surface area contributed by atoms with E-state index in [1.165, 1.54) is 0 Å². The molecule has 0 aromatic carbocycles. The predicted octanol–water partition coefficient (Wildman–Crippen LogP) is 4.49. The average Bonchev–Trinajstić information content (AvgIpc) is 2.97. The van der Waals surface area contributed by atoms with Gasteiger partial charge < -0.3 is 5.32 Å². The van der Waals surface area contributed by atoms with Crippen LogP contribution in [0.5, 0.6) is 0 Å². The number of amides is 1. The fourth-order valence-corrected chi connectivity index (χ4v) is 3.30. The second-order valence-corrected chi connectivity index (χ2v) is 6.60. The van der Waals surface area contributed by atoms with Gasteiger partial charge in [0.15, 0.2) is 0 Å². The first-order chi connectivity index (χ1) is 10.0. The first-order valence-corrected chi connectivity index (χ1v) is 8.27. The number of halogens is 1. The lowest BCUT2D eigenvalue weighted by atomic mass is 10.0. The lowest BCUT2D eigenvalue weighted by Crippen LogP contribution is -2.31. The molecule has 112 valence electrons. The van der Waals surface area contributed by atoms with Crippen LogP contribution in [0.15, 0.2) is 29.6 Å². The Labute approximate surface area is 134 Å². The van der Waals surface area contributed by atoms with Crippen molar-refractivity contribution in [3.8, 4) is 0 Å². The van der Waals surface area contributed by atoms with Crippen molar-refractivity contribution in [3.63, 3.8) is 0 Å². The Hall–Kier alpha value is -1.39. The molecule has 0 fully saturated rings. The van der Waals surface area contributed by atoms with Crippen LogP contribution in [0.4, 0.5) is 0 Å². The average molecular weight is 323 g/mol. The fraction of sp³-hybridized carbons (Fsp3) is 0.375. The molecule has 2 aromatic heterocycles. The molecule has 0 saturated heterocycles. The molecular formula is C16H19ClN2OS. The number of nitrogens with one attached hydrogen (secondary N) is 1. The minimum atomic E-state index is -0.110. The number of hydrogen-bond donors (Lipinski definition) is 1. The SMILES string of the molecule is CCc1cc(C(=O)NC(c2cccs2)C(C)C)cc(Cl)n1. The van der Waals surface area contributed by atoms with Gasteiger partial charge in [-0.1, -0.05) is 38.4 Å². The Bertz CT molecular complexity index is 611. The predicted molar refractivity (Wildman–Crippen MR) is 88.0 cm³/mol. The Morgan fingerprint density at radius 1 is 1.43 bits per heavy atom. The zero-order valence-corrected chi connectivity index (χ0v) is 14.0. The third-order valence-electron chi connectivity index (χ3n) is 3.27. The summed E-state index contributed by atoms with van der Waals surface area (Å²) in [5, 5.41) is 5.48. The molecule has 21 heavy (non-hydrogen) atoms. The molecule has 0 aliphatic heterocycles. The number of thiophene rings is 1. The highest BCUT2D eigenvalue weighted by Gasteiger charge is 2.20. The number of pyridine rings is 1. The van der Waals surface area contributed by atoms with Gasteiger partial charge >= 0.3 is 0 Å². The quantitative estimate of drug-likeness (QED) is 0.824. The van der Waals surface area contributed by atoms with Gasteiger partial charge in [0.2, 0.25) is 0 Å². The Kier molecular flexibility index (Phi) is 5.37. The normalized spacial score (nSPS) is 12.4. The summed E-state index contributed by atoms with van der Waals surface area (Å²) in [6.45, 7) is 6.19. The molecule has 2 heterocycles. The molecule has 0 bridgehead atoms. The smallest absolute Gasteiger partial charge is 0.251 e. The van der Waals surface area contributed by atoms with E-state index in [0.29, 0.717) is 16.6 Å². The Morgan fingerprint density at radius 3 is 2.76 bits per heavy atom. The van der Waals surface area contributed by atoms with Crippen molar-refractivity contribution in [1.29, 1.82) is 0 Å². The maximum Gasteiger partial charge on any atom is 0.251 e. The molecule has 0 radical (unpaired) electrons. The van der Waals surface area contributed by atoms with E-state index >= 15 is 0 Å². The summed E-state index contributed by atoms with van der Waals surface area (Å²) in [5.74, 6) is 0.205. The van der Waals surface area contributed by atoms with E-state index in [4.69, 9.17) is 11.6 Å². The van der Waals surface area contributed by atoms with Crippen LogP contribution in [0.2, 0.25) is 5.15 Å². The molecule has 0 aliphatic rings. The van der Waals surface area contributed by atoms with Gasteiger partial charge in [0.1, 0.15) is 5.15 Å². The molecule has 1 amide bonds. The number of rotatable bonds is 5. The van der Waals surface area contributed by atoms with Gasteiger partial charge in [-0.05, 0) is 35.9 Å². The van der Waals surface area contributed by atoms with E-state index in [2.05, 4.69) is 24.1 Å². The van der Waals surface area contributed by atoms with Gasteiger partial charge in [0.05, 0.1) is 6.04 Å². The van der Waals surface area contributed by atoms with Crippen molar-refractivity contribution in [2.24, 2.45) is 5.92 Å². The van der Waals surface area contributed by atoms with E-state index < -0.39 is 0 Å². The van der Waals surface area contributed by atoms with Crippen LogP contribution in [0.25, 0.3) is 0 Å². The topological polar surface area (TPSA) is 42.0 Å². The number of aryl methyl sites for hydroxylation is 1. The van der Waals surface area contributed by atoms with Gasteiger partial charge in [-0.15, -0.1) is 11.3 Å². The molecule has 0 saturated carbocycles. The first kappa shape index (κ1) is 16.0. The van der Waals surface area contributed by atoms with Crippen LogP contribution in [0.1, 0.15) is 47.7 Å². The van der Waals surface area contributed by atoms with Crippen LogP contribution >= 0.6 is 22.9 Å². The maximum atomic E-state index is 12.5. The summed E-state index contributed by atoms with van der Waals surface area (Å²) < 4.78 is 0. The van der Waals surface area contributed by atoms with Crippen molar-refractivity contribution < 1.29 is 4.79 Å². The second-order valence-electron chi connectivity index (χ2n) is 5.23. The van der Waals surface area contributed by atoms with Crippen molar-refractivity contribution in [2.75, 3.05) is 0 Å². The zero-order valence-electron chi connectivity index (χ0n) is 12.4. The largest absolute Gasteiger partial charge is 0.344 e. The molecular weight excluding hydrogens is 304 g/mol. The Morgan fingerprint density at radius 2 is 2.19 bits per heavy atom. The molecule has 5 heteroatoms. The van der Waals surface area contributed by atoms with Crippen molar-refractivity contribution in [3.05, 3.63) is 50.9 Å². The van der Waals surface area contributed by atoms with Gasteiger partial charge in [0, 0.05) is 16.1 Å². The van der Waals surface area contributed by atoms with E-state index in [9.17, 15) is 4.79 Å². The third-order valence-corrected chi connectivity index (χ3v) is 4.42. The van der Waals surface area contributed by atoms with Crippen LogP contribution in [0, 0.1) is 5.92 Å². The lowest BCUT2D eigenvalue weighted by Gasteiger charge is -2.21. The highest BCUT2D eigenvalue weighted by atomic mass is 35.5. The number of carbonyl (C=O) groups is 1. The minimum Gasteiger partial charge on any atom is -0.344 e. The molecule has 1 atom stereocenters. The molecule has 1 unspecified atom stereocenters. The van der Waals surface area contributed by atoms with Crippen molar-refractivity contribution in [1.82, 2.24) is 10.3 Å². The molecule has 3 nitrogen and oxygen atoms in total. The number of aromatic nitrogens is 1. The number of hydrogen-bond acceptors (Lipinski definition) is 3. The van der Waals surface area contributed by atoms with Gasteiger partial charge in [0.25, 0.3) is 5.91 Å². The second kappa shape index (κ2) is 7.05. The van der Waals surface area contributed by atoms with Crippen LogP contribution in [-0.4, -0.2) is 10.9 Å². The van der Waals surface area contributed by atoms with Crippen LogP contribution in [-0.2, 0) is 6.42 Å². The summed E-state index contributed by atoms with van der Waals surface area (Å²) >= 11 is 7.64. The van der Waals surface area contributed by atoms with Crippen molar-refractivity contribution >= 4 is 28.8 Å². The minimum absolute atomic E-state index is 0.00881. The molecule has 0 spiro atoms. The van der Waals surface area contributed by atoms with Gasteiger partial charge in [-0.3, -0.25) is 4.79 Å². The summed E-state index contributed by atoms with van der Waals surface area (Å²) in [6.07, 6.45) is 0.749. The summed E-state index contributed by atoms with van der Waals surface area (Å²) in [4.78, 5) is 17.8. The summed E-state index contributed by atoms with van der Waals surface area (Å²) in [6, 6.07) is 7.47. The van der Waals surface area contributed by atoms with Crippen LogP contribution < -0.4 is 5.32 Å². The highest BCUT2D eigenvalue weighted by molar-refractivity contribution is 7.10. The Balaban J connectivity index is 2.21. The molecule has 2 aromatic rings. The van der Waals surface area contributed by atoms with E-state index in [1.54, 1.807) is 23.5 Å². The highest BCUT2D eigenvalue weighted by Crippen LogP contribution is 2.26. The monoisotopic (exact) mass is 322 g/mol. The van der Waals surface area contributed by atoms with Crippen molar-refractivity contribution in [2.45, 2.75) is 33.2 Å². The number of carbonyl (C=O) groups excluding carboxylic acids is 1. The third kappa shape index (κ3) is 4.05.